The zero-order chi connectivity index (χ0) is 17.6. The van der Waals surface area contributed by atoms with Crippen molar-refractivity contribution in [3.63, 3.8) is 0 Å². The summed E-state index contributed by atoms with van der Waals surface area (Å²) in [5.41, 5.74) is 2.66. The number of nitrogens with one attached hydrogen (secondary N) is 1. The molecule has 0 radical (unpaired) electrons. The van der Waals surface area contributed by atoms with Crippen LogP contribution in [0.3, 0.4) is 0 Å². The molecule has 0 aliphatic carbocycles. The molecule has 0 atom stereocenters. The fraction of sp³-hybridized carbons (Fsp3) is 0.0526. The molecule has 0 saturated heterocycles. The van der Waals surface area contributed by atoms with Crippen LogP contribution < -0.4 is 5.32 Å². The molecule has 0 saturated carbocycles. The molecular weight excluding hydrogens is 314 g/mol. The summed E-state index contributed by atoms with van der Waals surface area (Å²) in [6.45, 7) is -0.0965. The van der Waals surface area contributed by atoms with Crippen molar-refractivity contribution in [2.24, 2.45) is 0 Å². The molecule has 0 bridgehead atoms. The Morgan fingerprint density at radius 1 is 1.04 bits per heavy atom. The average Bonchev–Trinajstić information content (AvgIpc) is 3.04. The molecule has 3 aromatic rings. The minimum atomic E-state index is -0.304. The second-order valence-electron chi connectivity index (χ2n) is 5.25. The van der Waals surface area contributed by atoms with Gasteiger partial charge in [0, 0.05) is 11.3 Å². The number of hydrogen-bond acceptors (Lipinski definition) is 4. The number of nitriles is 2. The standard InChI is InChI=1S/C19H13N5O/c20-10-17-18(11-21)24(13-22-17)12-19(25)23-16-9-5-4-8-15(16)14-6-2-1-3-7-14/h1-9,13H,12H2,(H,23,25). The lowest BCUT2D eigenvalue weighted by Gasteiger charge is -2.12. The highest BCUT2D eigenvalue weighted by atomic mass is 16.1. The van der Waals surface area contributed by atoms with Crippen LogP contribution in [0.4, 0.5) is 5.69 Å². The second kappa shape index (κ2) is 7.12. The van der Waals surface area contributed by atoms with E-state index in [4.69, 9.17) is 10.5 Å². The van der Waals surface area contributed by atoms with Crippen LogP contribution in [0.5, 0.6) is 0 Å². The van der Waals surface area contributed by atoms with Gasteiger partial charge in [0.2, 0.25) is 5.91 Å². The fourth-order valence-electron chi connectivity index (χ4n) is 2.51. The first-order chi connectivity index (χ1) is 12.2. The number of rotatable bonds is 4. The second-order valence-corrected chi connectivity index (χ2v) is 5.25. The molecule has 0 unspecified atom stereocenters. The number of anilines is 1. The normalized spacial score (nSPS) is 9.84. The highest BCUT2D eigenvalue weighted by Gasteiger charge is 2.14. The predicted octanol–water partition coefficient (Wildman–Crippen LogP) is 2.93. The Labute approximate surface area is 144 Å². The quantitative estimate of drug-likeness (QED) is 0.797. The van der Waals surface area contributed by atoms with Gasteiger partial charge in [0.05, 0.1) is 6.33 Å². The van der Waals surface area contributed by atoms with E-state index in [0.29, 0.717) is 5.69 Å². The van der Waals surface area contributed by atoms with Gasteiger partial charge in [0.15, 0.2) is 11.4 Å². The van der Waals surface area contributed by atoms with Gasteiger partial charge in [-0.25, -0.2) is 4.98 Å². The first kappa shape index (κ1) is 16.0. The lowest BCUT2D eigenvalue weighted by atomic mass is 10.0. The van der Waals surface area contributed by atoms with Crippen molar-refractivity contribution < 1.29 is 4.79 Å². The smallest absolute Gasteiger partial charge is 0.244 e. The maximum absolute atomic E-state index is 12.4. The first-order valence-corrected chi connectivity index (χ1v) is 7.52. The Kier molecular flexibility index (Phi) is 4.55. The highest BCUT2D eigenvalue weighted by molar-refractivity contribution is 5.95. The summed E-state index contributed by atoms with van der Waals surface area (Å²) in [6.07, 6.45) is 1.32. The van der Waals surface area contributed by atoms with Crippen molar-refractivity contribution in [2.75, 3.05) is 5.32 Å². The van der Waals surface area contributed by atoms with Gasteiger partial charge in [-0.2, -0.15) is 10.5 Å². The lowest BCUT2D eigenvalue weighted by molar-refractivity contribution is -0.116. The van der Waals surface area contributed by atoms with E-state index in [1.165, 1.54) is 10.9 Å². The van der Waals surface area contributed by atoms with Crippen molar-refractivity contribution in [1.29, 1.82) is 10.5 Å². The van der Waals surface area contributed by atoms with E-state index < -0.39 is 0 Å². The third-order valence-electron chi connectivity index (χ3n) is 3.65. The Balaban J connectivity index is 1.83. The summed E-state index contributed by atoms with van der Waals surface area (Å²) in [5.74, 6) is -0.304. The van der Waals surface area contributed by atoms with Crippen molar-refractivity contribution in [3.05, 3.63) is 72.3 Å². The van der Waals surface area contributed by atoms with Gasteiger partial charge in [-0.3, -0.25) is 4.79 Å². The number of carbonyl (C=O) groups is 1. The highest BCUT2D eigenvalue weighted by Crippen LogP contribution is 2.27. The minimum Gasteiger partial charge on any atom is -0.324 e. The number of amides is 1. The van der Waals surface area contributed by atoms with Gasteiger partial charge in [-0.15, -0.1) is 0 Å². The molecule has 1 amide bonds. The zero-order valence-electron chi connectivity index (χ0n) is 13.2. The Morgan fingerprint density at radius 3 is 2.48 bits per heavy atom. The topological polar surface area (TPSA) is 94.5 Å². The molecule has 6 nitrogen and oxygen atoms in total. The van der Waals surface area contributed by atoms with Crippen LogP contribution in [0.15, 0.2) is 60.9 Å². The summed E-state index contributed by atoms with van der Waals surface area (Å²) in [4.78, 5) is 16.2. The number of aromatic nitrogens is 2. The van der Waals surface area contributed by atoms with Crippen LogP contribution >= 0.6 is 0 Å². The van der Waals surface area contributed by atoms with Crippen LogP contribution in [-0.4, -0.2) is 15.5 Å². The number of para-hydroxylation sites is 1. The number of benzene rings is 2. The minimum absolute atomic E-state index is 0.0139. The van der Waals surface area contributed by atoms with E-state index in [1.54, 1.807) is 0 Å². The number of nitrogens with zero attached hydrogens (tertiary/aromatic N) is 4. The first-order valence-electron chi connectivity index (χ1n) is 7.52. The molecule has 120 valence electrons. The number of imidazole rings is 1. The predicted molar refractivity (Wildman–Crippen MR) is 92.2 cm³/mol. The van der Waals surface area contributed by atoms with E-state index in [9.17, 15) is 4.79 Å². The molecule has 0 fully saturated rings. The van der Waals surface area contributed by atoms with Crippen LogP contribution in [0.2, 0.25) is 0 Å². The van der Waals surface area contributed by atoms with Crippen molar-refractivity contribution in [3.8, 4) is 23.3 Å². The number of carbonyl (C=O) groups excluding carboxylic acids is 1. The molecule has 2 aromatic carbocycles. The largest absolute Gasteiger partial charge is 0.324 e. The summed E-state index contributed by atoms with van der Waals surface area (Å²) in [6, 6.07) is 21.0. The molecule has 25 heavy (non-hydrogen) atoms. The van der Waals surface area contributed by atoms with Crippen LogP contribution in [-0.2, 0) is 11.3 Å². The van der Waals surface area contributed by atoms with Gasteiger partial charge in [0.1, 0.15) is 18.7 Å². The third-order valence-corrected chi connectivity index (χ3v) is 3.65. The Hall–Kier alpha value is -3.90. The molecular formula is C19H13N5O. The molecule has 0 aliphatic heterocycles. The molecule has 0 spiro atoms. The maximum atomic E-state index is 12.4. The maximum Gasteiger partial charge on any atom is 0.244 e. The van der Waals surface area contributed by atoms with Crippen LogP contribution in [0.1, 0.15) is 11.4 Å². The van der Waals surface area contributed by atoms with Gasteiger partial charge >= 0.3 is 0 Å². The monoisotopic (exact) mass is 327 g/mol. The summed E-state index contributed by atoms with van der Waals surface area (Å²) in [7, 11) is 0. The SMILES string of the molecule is N#Cc1ncn(CC(=O)Nc2ccccc2-c2ccccc2)c1C#N. The van der Waals surface area contributed by atoms with Gasteiger partial charge in [-0.05, 0) is 11.6 Å². The molecule has 1 aromatic heterocycles. The van der Waals surface area contributed by atoms with E-state index in [-0.39, 0.29) is 23.8 Å². The molecule has 1 N–H and O–H groups in total. The number of hydrogen-bond donors (Lipinski definition) is 1. The third kappa shape index (κ3) is 3.39. The summed E-state index contributed by atoms with van der Waals surface area (Å²) in [5, 5.41) is 20.9. The van der Waals surface area contributed by atoms with E-state index in [1.807, 2.05) is 66.7 Å². The van der Waals surface area contributed by atoms with Crippen LogP contribution in [0.25, 0.3) is 11.1 Å². The molecule has 0 aliphatic rings. The van der Waals surface area contributed by atoms with Crippen LogP contribution in [0, 0.1) is 22.7 Å². The lowest BCUT2D eigenvalue weighted by Crippen LogP contribution is -2.19. The average molecular weight is 327 g/mol. The molecule has 1 heterocycles. The van der Waals surface area contributed by atoms with Gasteiger partial charge < -0.3 is 9.88 Å². The van der Waals surface area contributed by atoms with E-state index >= 15 is 0 Å². The fourth-order valence-corrected chi connectivity index (χ4v) is 2.51. The molecule has 3 rings (SSSR count). The van der Waals surface area contributed by atoms with Crippen molar-refractivity contribution in [1.82, 2.24) is 9.55 Å². The van der Waals surface area contributed by atoms with E-state index in [0.717, 1.165) is 11.1 Å². The van der Waals surface area contributed by atoms with E-state index in [2.05, 4.69) is 10.3 Å². The van der Waals surface area contributed by atoms with Gasteiger partial charge in [0.25, 0.3) is 0 Å². The zero-order valence-corrected chi connectivity index (χ0v) is 13.2. The Morgan fingerprint density at radius 2 is 1.76 bits per heavy atom. The van der Waals surface area contributed by atoms with Crippen molar-refractivity contribution in [2.45, 2.75) is 6.54 Å². The molecule has 6 heteroatoms. The summed E-state index contributed by atoms with van der Waals surface area (Å²) >= 11 is 0. The Bertz CT molecular complexity index is 993. The summed E-state index contributed by atoms with van der Waals surface area (Å²) < 4.78 is 1.36. The van der Waals surface area contributed by atoms with Crippen molar-refractivity contribution >= 4 is 11.6 Å². The van der Waals surface area contributed by atoms with Gasteiger partial charge in [-0.1, -0.05) is 48.5 Å².